The lowest BCUT2D eigenvalue weighted by Gasteiger charge is -2.28. The molecule has 1 fully saturated rings. The van der Waals surface area contributed by atoms with Crippen molar-refractivity contribution in [3.8, 4) is 11.3 Å². The first-order valence-corrected chi connectivity index (χ1v) is 13.2. The highest BCUT2D eigenvalue weighted by atomic mass is 16.5. The number of aliphatic hydroxyl groups is 1. The molecule has 1 unspecified atom stereocenters. The monoisotopic (exact) mass is 538 g/mol. The smallest absolute Gasteiger partial charge is 0.251 e. The minimum Gasteiger partial charge on any atom is -0.394 e. The van der Waals surface area contributed by atoms with Gasteiger partial charge in [-0.1, -0.05) is 49.9 Å². The van der Waals surface area contributed by atoms with E-state index >= 15 is 0 Å². The molecule has 1 atom stereocenters. The number of amides is 1. The van der Waals surface area contributed by atoms with Gasteiger partial charge in [0.2, 0.25) is 5.95 Å². The van der Waals surface area contributed by atoms with Crippen LogP contribution in [0.4, 0.5) is 17.5 Å². The molecule has 2 aliphatic heterocycles. The summed E-state index contributed by atoms with van der Waals surface area (Å²) in [6.07, 6.45) is 4.39. The molecule has 0 aliphatic carbocycles. The Labute approximate surface area is 234 Å². The molecule has 4 heterocycles. The molecule has 206 valence electrons. The van der Waals surface area contributed by atoms with Crippen molar-refractivity contribution in [2.45, 2.75) is 19.9 Å². The van der Waals surface area contributed by atoms with Crippen LogP contribution in [-0.2, 0) is 11.2 Å². The second-order valence-corrected chi connectivity index (χ2v) is 9.59. The van der Waals surface area contributed by atoms with Gasteiger partial charge in [-0.2, -0.15) is 4.98 Å². The number of carbonyl (C=O) groups is 1. The fourth-order valence-corrected chi connectivity index (χ4v) is 5.12. The Balaban J connectivity index is 0.00000323. The summed E-state index contributed by atoms with van der Waals surface area (Å²) in [7, 11) is 0. The maximum Gasteiger partial charge on any atom is 0.251 e. The molecular weight excluding hydrogens is 504 g/mol. The largest absolute Gasteiger partial charge is 0.394 e. The Bertz CT molecular complexity index is 1440. The minimum atomic E-state index is -0.494. The maximum atomic E-state index is 13.3. The van der Waals surface area contributed by atoms with Crippen LogP contribution in [0.1, 0.15) is 35.0 Å². The Morgan fingerprint density at radius 1 is 1.00 bits per heavy atom. The molecule has 1 amide bonds. The van der Waals surface area contributed by atoms with Crippen LogP contribution in [0.5, 0.6) is 0 Å². The summed E-state index contributed by atoms with van der Waals surface area (Å²) < 4.78 is 5.56. The number of hydrogen-bond acceptors (Lipinski definition) is 8. The summed E-state index contributed by atoms with van der Waals surface area (Å²) in [6, 6.07) is 20.4. The third kappa shape index (κ3) is 5.52. The number of morpholine rings is 1. The highest BCUT2D eigenvalue weighted by Gasteiger charge is 2.29. The first kappa shape index (κ1) is 27.2. The van der Waals surface area contributed by atoms with Crippen LogP contribution in [0, 0.1) is 0 Å². The fourth-order valence-electron chi connectivity index (χ4n) is 5.12. The standard InChI is InChI=1S/C30H30N6O3.CH4/c37-20-26(21-6-2-1-3-7-21)32-29(38)23-9-4-8-22(18-23)27-25-11-13-36(24-10-5-12-31-19-24)28(25)34-30(33-27)35-14-16-39-17-15-35;/h1-10,12,18-19,26,37H,11,13-17,20H2,(H,32,38);1H4. The normalized spacial score (nSPS) is 15.2. The van der Waals surface area contributed by atoms with Crippen LogP contribution in [0.2, 0.25) is 0 Å². The number of benzene rings is 2. The highest BCUT2D eigenvalue weighted by Crippen LogP contribution is 2.39. The molecule has 0 radical (unpaired) electrons. The molecule has 4 aromatic rings. The molecule has 2 N–H and O–H groups in total. The van der Waals surface area contributed by atoms with Crippen molar-refractivity contribution in [1.82, 2.24) is 20.3 Å². The molecule has 9 heteroatoms. The third-order valence-corrected chi connectivity index (χ3v) is 7.15. The topological polar surface area (TPSA) is 104 Å². The van der Waals surface area contributed by atoms with Gasteiger partial charge >= 0.3 is 0 Å². The average molecular weight is 539 g/mol. The van der Waals surface area contributed by atoms with E-state index in [1.54, 1.807) is 12.3 Å². The van der Waals surface area contributed by atoms with Crippen molar-refractivity contribution in [3.63, 3.8) is 0 Å². The van der Waals surface area contributed by atoms with E-state index in [9.17, 15) is 9.90 Å². The molecule has 40 heavy (non-hydrogen) atoms. The Morgan fingerprint density at radius 2 is 1.82 bits per heavy atom. The average Bonchev–Trinajstić information content (AvgIpc) is 3.45. The molecule has 0 bridgehead atoms. The zero-order valence-electron chi connectivity index (χ0n) is 21.5. The number of aliphatic hydroxyl groups excluding tert-OH is 1. The zero-order valence-corrected chi connectivity index (χ0v) is 21.5. The van der Waals surface area contributed by atoms with Gasteiger partial charge in [0.1, 0.15) is 5.82 Å². The molecule has 0 spiro atoms. The fraction of sp³-hybridized carbons (Fsp3) is 0.290. The van der Waals surface area contributed by atoms with Gasteiger partial charge in [0.25, 0.3) is 5.91 Å². The van der Waals surface area contributed by atoms with E-state index in [0.717, 1.165) is 59.9 Å². The number of hydrogen-bond donors (Lipinski definition) is 2. The number of aromatic nitrogens is 3. The van der Waals surface area contributed by atoms with E-state index in [4.69, 9.17) is 14.7 Å². The third-order valence-electron chi connectivity index (χ3n) is 7.15. The van der Waals surface area contributed by atoms with Gasteiger partial charge in [0.15, 0.2) is 0 Å². The van der Waals surface area contributed by atoms with Crippen molar-refractivity contribution >= 4 is 23.4 Å². The number of fused-ring (bicyclic) bond motifs is 1. The van der Waals surface area contributed by atoms with Crippen LogP contribution in [0.3, 0.4) is 0 Å². The zero-order chi connectivity index (χ0) is 26.6. The van der Waals surface area contributed by atoms with Gasteiger partial charge in [-0.25, -0.2) is 4.98 Å². The summed E-state index contributed by atoms with van der Waals surface area (Å²) in [6.45, 7) is 3.27. The van der Waals surface area contributed by atoms with Crippen molar-refractivity contribution in [2.75, 3.05) is 49.3 Å². The molecular formula is C31H34N6O3. The molecule has 2 aromatic heterocycles. The number of nitrogens with zero attached hydrogens (tertiary/aromatic N) is 5. The van der Waals surface area contributed by atoms with Crippen LogP contribution < -0.4 is 15.1 Å². The molecule has 2 aromatic carbocycles. The minimum absolute atomic E-state index is 0. The summed E-state index contributed by atoms with van der Waals surface area (Å²) >= 11 is 0. The maximum absolute atomic E-state index is 13.3. The van der Waals surface area contributed by atoms with Gasteiger partial charge in [0, 0.05) is 42.5 Å². The lowest BCUT2D eigenvalue weighted by Crippen LogP contribution is -2.37. The summed E-state index contributed by atoms with van der Waals surface area (Å²) in [5, 5.41) is 12.9. The number of rotatable bonds is 7. The van der Waals surface area contributed by atoms with E-state index < -0.39 is 6.04 Å². The SMILES string of the molecule is C.O=C(NC(CO)c1ccccc1)c1cccc(-c2nc(N3CCOCC3)nc3c2CCN3c2cccnc2)c1. The summed E-state index contributed by atoms with van der Waals surface area (Å²) in [4.78, 5) is 31.9. The van der Waals surface area contributed by atoms with Crippen molar-refractivity contribution in [1.29, 1.82) is 0 Å². The molecule has 1 saturated heterocycles. The van der Waals surface area contributed by atoms with E-state index in [2.05, 4.69) is 20.1 Å². The summed E-state index contributed by atoms with van der Waals surface area (Å²) in [5.74, 6) is 1.27. The first-order valence-electron chi connectivity index (χ1n) is 13.2. The summed E-state index contributed by atoms with van der Waals surface area (Å²) in [5.41, 5.74) is 5.06. The van der Waals surface area contributed by atoms with Crippen LogP contribution in [0.25, 0.3) is 11.3 Å². The molecule has 0 saturated carbocycles. The lowest BCUT2D eigenvalue weighted by atomic mass is 10.0. The van der Waals surface area contributed by atoms with E-state index in [0.29, 0.717) is 24.7 Å². The quantitative estimate of drug-likeness (QED) is 0.361. The van der Waals surface area contributed by atoms with Gasteiger partial charge in [-0.05, 0) is 36.2 Å². The number of carbonyl (C=O) groups excluding carboxylic acids is 1. The second-order valence-electron chi connectivity index (χ2n) is 9.59. The van der Waals surface area contributed by atoms with Gasteiger partial charge in [-0.15, -0.1) is 0 Å². The second kappa shape index (κ2) is 12.2. The highest BCUT2D eigenvalue weighted by molar-refractivity contribution is 5.96. The van der Waals surface area contributed by atoms with E-state index in [1.807, 2.05) is 66.9 Å². The van der Waals surface area contributed by atoms with Gasteiger partial charge < -0.3 is 25.0 Å². The van der Waals surface area contributed by atoms with Crippen molar-refractivity contribution in [2.24, 2.45) is 0 Å². The molecule has 2 aliphatic rings. The predicted molar refractivity (Wildman–Crippen MR) is 156 cm³/mol. The number of nitrogens with one attached hydrogen (secondary N) is 1. The molecule has 6 rings (SSSR count). The van der Waals surface area contributed by atoms with Crippen molar-refractivity contribution in [3.05, 3.63) is 95.8 Å². The van der Waals surface area contributed by atoms with E-state index in [1.165, 1.54) is 0 Å². The van der Waals surface area contributed by atoms with Gasteiger partial charge in [0.05, 0.1) is 43.4 Å². The van der Waals surface area contributed by atoms with Crippen LogP contribution in [0.15, 0.2) is 79.1 Å². The van der Waals surface area contributed by atoms with Crippen molar-refractivity contribution < 1.29 is 14.6 Å². The first-order chi connectivity index (χ1) is 19.2. The predicted octanol–water partition coefficient (Wildman–Crippen LogP) is 4.17. The molecule has 9 nitrogen and oxygen atoms in total. The Hall–Kier alpha value is -4.34. The Morgan fingerprint density at radius 3 is 2.58 bits per heavy atom. The number of pyridine rings is 1. The van der Waals surface area contributed by atoms with E-state index in [-0.39, 0.29) is 19.9 Å². The van der Waals surface area contributed by atoms with Crippen LogP contribution >= 0.6 is 0 Å². The van der Waals surface area contributed by atoms with Gasteiger partial charge in [-0.3, -0.25) is 9.78 Å². The van der Waals surface area contributed by atoms with Crippen LogP contribution in [-0.4, -0.2) is 65.4 Å². The number of anilines is 3. The number of ether oxygens (including phenoxy) is 1. The Kier molecular flexibility index (Phi) is 8.33. The lowest BCUT2D eigenvalue weighted by molar-refractivity contribution is 0.0916.